The third-order valence-corrected chi connectivity index (χ3v) is 5.23. The highest BCUT2D eigenvalue weighted by atomic mass is 79.9. The number of amides is 2. The molecule has 1 aliphatic rings. The van der Waals surface area contributed by atoms with Crippen LogP contribution < -0.4 is 14.8 Å². The van der Waals surface area contributed by atoms with Crippen LogP contribution >= 0.6 is 15.9 Å². The van der Waals surface area contributed by atoms with E-state index in [1.54, 1.807) is 19.1 Å². The van der Waals surface area contributed by atoms with Crippen LogP contribution in [0.4, 0.5) is 4.79 Å². The summed E-state index contributed by atoms with van der Waals surface area (Å²) in [5, 5.41) is 3.00. The first-order valence-electron chi connectivity index (χ1n) is 9.21. The number of urea groups is 1. The largest absolute Gasteiger partial charge is 0.497 e. The molecule has 1 atom stereocenters. The molecule has 1 saturated heterocycles. The first-order chi connectivity index (χ1) is 13.6. The lowest BCUT2D eigenvalue weighted by atomic mass is 10.1. The Morgan fingerprint density at radius 2 is 2.11 bits per heavy atom. The second-order valence-electron chi connectivity index (χ2n) is 6.52. The van der Waals surface area contributed by atoms with Crippen LogP contribution in [0, 0.1) is 0 Å². The lowest BCUT2D eigenvalue weighted by Crippen LogP contribution is -2.47. The molecule has 2 aromatic carbocycles. The number of nitrogens with zero attached hydrogens (tertiary/aromatic N) is 1. The number of nitrogens with one attached hydrogen (secondary N) is 1. The maximum atomic E-state index is 12.6. The molecule has 28 heavy (non-hydrogen) atoms. The SMILES string of the molecule is COc1ccc(CCNC(=O)N2CCOC(c3cccc(Br)c3)C2)c(OC)c1. The summed E-state index contributed by atoms with van der Waals surface area (Å²) < 4.78 is 17.5. The van der Waals surface area contributed by atoms with E-state index in [4.69, 9.17) is 14.2 Å². The normalized spacial score (nSPS) is 16.5. The van der Waals surface area contributed by atoms with E-state index in [-0.39, 0.29) is 12.1 Å². The monoisotopic (exact) mass is 448 g/mol. The Labute approximate surface area is 173 Å². The van der Waals surface area contributed by atoms with Gasteiger partial charge in [-0.1, -0.05) is 34.1 Å². The van der Waals surface area contributed by atoms with Gasteiger partial charge in [0.15, 0.2) is 0 Å². The minimum absolute atomic E-state index is 0.0734. The fraction of sp³-hybridized carbons (Fsp3) is 0.381. The molecule has 1 aliphatic heterocycles. The summed E-state index contributed by atoms with van der Waals surface area (Å²) in [4.78, 5) is 14.4. The fourth-order valence-electron chi connectivity index (χ4n) is 3.22. The van der Waals surface area contributed by atoms with Crippen LogP contribution in [-0.4, -0.2) is 51.4 Å². The van der Waals surface area contributed by atoms with Crippen LogP contribution in [0.3, 0.4) is 0 Å². The zero-order valence-corrected chi connectivity index (χ0v) is 17.7. The Hall–Kier alpha value is -2.25. The van der Waals surface area contributed by atoms with Crippen LogP contribution in [0.25, 0.3) is 0 Å². The number of benzene rings is 2. The molecule has 0 saturated carbocycles. The first kappa shape index (κ1) is 20.5. The molecule has 7 heteroatoms. The van der Waals surface area contributed by atoms with E-state index in [1.165, 1.54) is 0 Å². The first-order valence-corrected chi connectivity index (χ1v) is 10.0. The number of ether oxygens (including phenoxy) is 3. The van der Waals surface area contributed by atoms with Gasteiger partial charge in [0.1, 0.15) is 17.6 Å². The molecule has 0 spiro atoms. The van der Waals surface area contributed by atoms with Gasteiger partial charge in [0, 0.05) is 23.6 Å². The molecule has 0 aromatic heterocycles. The molecule has 150 valence electrons. The van der Waals surface area contributed by atoms with E-state index in [2.05, 4.69) is 21.2 Å². The van der Waals surface area contributed by atoms with E-state index < -0.39 is 0 Å². The molecule has 1 fully saturated rings. The van der Waals surface area contributed by atoms with Gasteiger partial charge in [-0.15, -0.1) is 0 Å². The number of methoxy groups -OCH3 is 2. The minimum Gasteiger partial charge on any atom is -0.497 e. The summed E-state index contributed by atoms with van der Waals surface area (Å²) in [5.74, 6) is 1.51. The smallest absolute Gasteiger partial charge is 0.317 e. The number of hydrogen-bond donors (Lipinski definition) is 1. The number of rotatable bonds is 6. The predicted molar refractivity (Wildman–Crippen MR) is 111 cm³/mol. The highest BCUT2D eigenvalue weighted by molar-refractivity contribution is 9.10. The summed E-state index contributed by atoms with van der Waals surface area (Å²) in [7, 11) is 3.26. The molecule has 1 unspecified atom stereocenters. The van der Waals surface area contributed by atoms with Crippen molar-refractivity contribution in [3.05, 3.63) is 58.1 Å². The Morgan fingerprint density at radius 1 is 1.25 bits per heavy atom. The number of carbonyl (C=O) groups excluding carboxylic acids is 1. The van der Waals surface area contributed by atoms with Gasteiger partial charge >= 0.3 is 6.03 Å². The molecule has 3 rings (SSSR count). The number of halogens is 1. The van der Waals surface area contributed by atoms with Gasteiger partial charge in [0.2, 0.25) is 0 Å². The molecular formula is C21H25BrN2O4. The van der Waals surface area contributed by atoms with Gasteiger partial charge in [0.05, 0.1) is 27.4 Å². The third-order valence-electron chi connectivity index (χ3n) is 4.74. The Kier molecular flexibility index (Phi) is 7.17. The molecular weight excluding hydrogens is 424 g/mol. The molecule has 0 bridgehead atoms. The summed E-state index contributed by atoms with van der Waals surface area (Å²) in [6.45, 7) is 2.17. The van der Waals surface area contributed by atoms with E-state index in [9.17, 15) is 4.79 Å². The van der Waals surface area contributed by atoms with Crippen LogP contribution in [0.5, 0.6) is 11.5 Å². The van der Waals surface area contributed by atoms with Gasteiger partial charge in [0.25, 0.3) is 0 Å². The molecule has 2 amide bonds. The average molecular weight is 449 g/mol. The molecule has 1 heterocycles. The maximum Gasteiger partial charge on any atom is 0.317 e. The van der Waals surface area contributed by atoms with Gasteiger partial charge in [-0.05, 0) is 35.7 Å². The fourth-order valence-corrected chi connectivity index (χ4v) is 3.63. The highest BCUT2D eigenvalue weighted by Gasteiger charge is 2.25. The van der Waals surface area contributed by atoms with Crippen LogP contribution in [0.1, 0.15) is 17.2 Å². The molecule has 0 radical (unpaired) electrons. The van der Waals surface area contributed by atoms with Crippen molar-refractivity contribution in [2.75, 3.05) is 40.5 Å². The predicted octanol–water partition coefficient (Wildman–Crippen LogP) is 3.79. The maximum absolute atomic E-state index is 12.6. The molecule has 1 N–H and O–H groups in total. The van der Waals surface area contributed by atoms with Gasteiger partial charge in [-0.3, -0.25) is 0 Å². The number of hydrogen-bond acceptors (Lipinski definition) is 4. The van der Waals surface area contributed by atoms with Gasteiger partial charge in [-0.25, -0.2) is 4.79 Å². The Bertz CT molecular complexity index is 815. The van der Waals surface area contributed by atoms with Crippen LogP contribution in [0.2, 0.25) is 0 Å². The zero-order chi connectivity index (χ0) is 19.9. The van der Waals surface area contributed by atoms with Crippen LogP contribution in [0.15, 0.2) is 46.9 Å². The topological polar surface area (TPSA) is 60.0 Å². The van der Waals surface area contributed by atoms with Crippen molar-refractivity contribution >= 4 is 22.0 Å². The standard InChI is InChI=1S/C21H25BrN2O4/c1-26-18-7-6-15(19(13-18)27-2)8-9-23-21(25)24-10-11-28-20(14-24)16-4-3-5-17(22)12-16/h3-7,12-13,20H,8-11,14H2,1-2H3,(H,23,25). The van der Waals surface area contributed by atoms with Crippen LogP contribution in [-0.2, 0) is 11.2 Å². The number of carbonyl (C=O) groups is 1. The molecule has 6 nitrogen and oxygen atoms in total. The quantitative estimate of drug-likeness (QED) is 0.729. The Morgan fingerprint density at radius 3 is 2.86 bits per heavy atom. The second-order valence-corrected chi connectivity index (χ2v) is 7.44. The highest BCUT2D eigenvalue weighted by Crippen LogP contribution is 2.26. The lowest BCUT2D eigenvalue weighted by Gasteiger charge is -2.33. The van der Waals surface area contributed by atoms with E-state index in [0.717, 1.165) is 27.1 Å². The summed E-state index contributed by atoms with van der Waals surface area (Å²) in [5.41, 5.74) is 2.09. The molecule has 2 aromatic rings. The third kappa shape index (κ3) is 5.17. The summed E-state index contributed by atoms with van der Waals surface area (Å²) in [6, 6.07) is 13.6. The van der Waals surface area contributed by atoms with E-state index >= 15 is 0 Å². The van der Waals surface area contributed by atoms with Gasteiger partial charge < -0.3 is 24.4 Å². The van der Waals surface area contributed by atoms with Crippen molar-refractivity contribution in [1.29, 1.82) is 0 Å². The van der Waals surface area contributed by atoms with Crippen molar-refractivity contribution in [3.63, 3.8) is 0 Å². The Balaban J connectivity index is 1.53. The zero-order valence-electron chi connectivity index (χ0n) is 16.1. The van der Waals surface area contributed by atoms with Crippen molar-refractivity contribution in [2.24, 2.45) is 0 Å². The van der Waals surface area contributed by atoms with Crippen molar-refractivity contribution in [2.45, 2.75) is 12.5 Å². The lowest BCUT2D eigenvalue weighted by molar-refractivity contribution is -0.0154. The average Bonchev–Trinajstić information content (AvgIpc) is 2.74. The summed E-state index contributed by atoms with van der Waals surface area (Å²) in [6.07, 6.45) is 0.567. The van der Waals surface area contributed by atoms with Crippen molar-refractivity contribution in [1.82, 2.24) is 10.2 Å². The van der Waals surface area contributed by atoms with Crippen molar-refractivity contribution in [3.8, 4) is 11.5 Å². The number of morpholine rings is 1. The van der Waals surface area contributed by atoms with E-state index in [0.29, 0.717) is 32.7 Å². The van der Waals surface area contributed by atoms with Gasteiger partial charge in [-0.2, -0.15) is 0 Å². The molecule has 0 aliphatic carbocycles. The second kappa shape index (κ2) is 9.80. The van der Waals surface area contributed by atoms with Crippen molar-refractivity contribution < 1.29 is 19.0 Å². The summed E-state index contributed by atoms with van der Waals surface area (Å²) >= 11 is 3.48. The van der Waals surface area contributed by atoms with E-state index in [1.807, 2.05) is 42.5 Å². The minimum atomic E-state index is -0.112.